The van der Waals surface area contributed by atoms with Gasteiger partial charge in [0, 0.05) is 29.8 Å². The van der Waals surface area contributed by atoms with Crippen LogP contribution in [0, 0.1) is 12.7 Å². The number of hydrogen-bond donors (Lipinski definition) is 2. The third-order valence-corrected chi connectivity index (χ3v) is 7.19. The number of hydrogen-bond acceptors (Lipinski definition) is 6. The summed E-state index contributed by atoms with van der Waals surface area (Å²) in [4.78, 5) is 16.2. The smallest absolute Gasteiger partial charge is 0.266 e. The van der Waals surface area contributed by atoms with E-state index in [0.29, 0.717) is 11.3 Å². The van der Waals surface area contributed by atoms with E-state index >= 15 is 0 Å². The van der Waals surface area contributed by atoms with E-state index < -0.39 is 29.4 Å². The van der Waals surface area contributed by atoms with E-state index in [1.165, 1.54) is 12.1 Å². The van der Waals surface area contributed by atoms with Crippen molar-refractivity contribution in [1.82, 2.24) is 19.4 Å². The van der Waals surface area contributed by atoms with Crippen molar-refractivity contribution in [2.75, 3.05) is 32.0 Å². The third kappa shape index (κ3) is 4.18. The highest BCUT2D eigenvalue weighted by Gasteiger charge is 2.37. The standard InChI is InChI=1S/C25H30F3N7/c1-14(16-5-4-6-17(20(16)26)21(27)28)31-22-18-13-19(25(29)7-10-34(3)11-8-25)24-30-9-12-35(24)23(18)33-15(2)32-22/h4-6,13-14,21,30H,7-12,29H2,1-3H3. The zero-order chi connectivity index (χ0) is 24.9. The van der Waals surface area contributed by atoms with Crippen molar-refractivity contribution in [2.45, 2.75) is 51.2 Å². The monoisotopic (exact) mass is 485 g/mol. The van der Waals surface area contributed by atoms with E-state index in [2.05, 4.69) is 26.8 Å². The second-order valence-corrected chi connectivity index (χ2v) is 9.63. The van der Waals surface area contributed by atoms with E-state index in [4.69, 9.17) is 15.7 Å². The van der Waals surface area contributed by atoms with Crippen molar-refractivity contribution in [1.29, 1.82) is 0 Å². The lowest BCUT2D eigenvalue weighted by atomic mass is 9.81. The zero-order valence-corrected chi connectivity index (χ0v) is 20.2. The number of aromatic nitrogens is 3. The van der Waals surface area contributed by atoms with Gasteiger partial charge in [-0.3, -0.25) is 4.99 Å². The predicted octanol–water partition coefficient (Wildman–Crippen LogP) is 3.74. The molecule has 1 saturated heterocycles. The van der Waals surface area contributed by atoms with Crippen molar-refractivity contribution in [3.05, 3.63) is 58.1 Å². The minimum Gasteiger partial charge on any atom is -0.369 e. The van der Waals surface area contributed by atoms with Gasteiger partial charge in [0.1, 0.15) is 23.3 Å². The molecule has 7 nitrogen and oxygen atoms in total. The van der Waals surface area contributed by atoms with Crippen LogP contribution in [0.3, 0.4) is 0 Å². The average Bonchev–Trinajstić information content (AvgIpc) is 3.31. The molecule has 35 heavy (non-hydrogen) atoms. The lowest BCUT2D eigenvalue weighted by Crippen LogP contribution is -2.47. The van der Waals surface area contributed by atoms with Crippen LogP contribution in [-0.4, -0.2) is 46.1 Å². The Morgan fingerprint density at radius 1 is 1.14 bits per heavy atom. The normalized spacial score (nSPS) is 19.3. The first-order valence-corrected chi connectivity index (χ1v) is 11.9. The topological polar surface area (TPSA) is 84.4 Å². The summed E-state index contributed by atoms with van der Waals surface area (Å²) in [7, 11) is 2.09. The van der Waals surface area contributed by atoms with E-state index in [1.54, 1.807) is 13.8 Å². The van der Waals surface area contributed by atoms with Gasteiger partial charge in [0.25, 0.3) is 6.43 Å². The fourth-order valence-corrected chi connectivity index (χ4v) is 5.12. The van der Waals surface area contributed by atoms with E-state index in [0.717, 1.165) is 67.9 Å². The van der Waals surface area contributed by atoms with Crippen molar-refractivity contribution in [2.24, 2.45) is 10.7 Å². The second-order valence-electron chi connectivity index (χ2n) is 9.63. The molecule has 0 saturated carbocycles. The van der Waals surface area contributed by atoms with Crippen LogP contribution in [0.4, 0.5) is 19.0 Å². The van der Waals surface area contributed by atoms with Crippen LogP contribution in [0.5, 0.6) is 0 Å². The highest BCUT2D eigenvalue weighted by Crippen LogP contribution is 2.39. The zero-order valence-electron chi connectivity index (χ0n) is 20.2. The molecule has 0 aliphatic carbocycles. The van der Waals surface area contributed by atoms with E-state index in [1.807, 2.05) is 6.07 Å². The molecule has 1 unspecified atom stereocenters. The first kappa shape index (κ1) is 23.7. The number of alkyl halides is 2. The Kier molecular flexibility index (Phi) is 6.04. The predicted molar refractivity (Wildman–Crippen MR) is 128 cm³/mol. The van der Waals surface area contributed by atoms with Crippen LogP contribution >= 0.6 is 0 Å². The van der Waals surface area contributed by atoms with Crippen LogP contribution in [-0.2, 0) is 12.1 Å². The van der Waals surface area contributed by atoms with Gasteiger partial charge in [-0.1, -0.05) is 18.2 Å². The van der Waals surface area contributed by atoms with Crippen LogP contribution in [0.15, 0.2) is 29.3 Å². The van der Waals surface area contributed by atoms with E-state index in [9.17, 15) is 13.2 Å². The van der Waals surface area contributed by atoms with Crippen LogP contribution < -0.4 is 16.5 Å². The van der Waals surface area contributed by atoms with Gasteiger partial charge in [-0.15, -0.1) is 0 Å². The number of aryl methyl sites for hydroxylation is 1. The summed E-state index contributed by atoms with van der Waals surface area (Å²) in [6.45, 7) is 6.75. The van der Waals surface area contributed by atoms with Crippen LogP contribution in [0.2, 0.25) is 0 Å². The number of anilines is 1. The molecule has 0 spiro atoms. The first-order chi connectivity index (χ1) is 16.7. The molecule has 5 rings (SSSR count). The van der Waals surface area contributed by atoms with Gasteiger partial charge in [-0.25, -0.2) is 23.1 Å². The Morgan fingerprint density at radius 2 is 1.86 bits per heavy atom. The molecule has 10 heteroatoms. The largest absolute Gasteiger partial charge is 0.369 e. The number of rotatable bonds is 4. The minimum atomic E-state index is -2.89. The molecule has 4 aliphatic rings. The Balaban J connectivity index is 1.68. The maximum Gasteiger partial charge on any atom is 0.266 e. The molecule has 0 aromatic heterocycles. The molecule has 1 aromatic rings. The molecule has 1 fully saturated rings. The minimum absolute atomic E-state index is 0.105. The van der Waals surface area contributed by atoms with Crippen molar-refractivity contribution < 1.29 is 13.2 Å². The summed E-state index contributed by atoms with van der Waals surface area (Å²) in [5, 5.41) is 3.48. The summed E-state index contributed by atoms with van der Waals surface area (Å²) in [6, 6.07) is 5.31. The average molecular weight is 486 g/mol. The van der Waals surface area contributed by atoms with Crippen LogP contribution in [0.1, 0.15) is 54.7 Å². The molecule has 3 N–H and O–H groups in total. The number of benzene rings is 1. The Labute approximate surface area is 202 Å². The summed E-state index contributed by atoms with van der Waals surface area (Å²) in [5.41, 5.74) is 8.06. The second kappa shape index (κ2) is 8.91. The quantitative estimate of drug-likeness (QED) is 0.588. The van der Waals surface area contributed by atoms with Crippen molar-refractivity contribution in [3.8, 4) is 11.4 Å². The molecule has 0 amide bonds. The van der Waals surface area contributed by atoms with Crippen molar-refractivity contribution >= 4 is 5.82 Å². The fourth-order valence-electron chi connectivity index (χ4n) is 5.12. The molecule has 4 aliphatic heterocycles. The molecule has 0 bridgehead atoms. The number of nitrogens with one attached hydrogen (secondary N) is 1. The summed E-state index contributed by atoms with van der Waals surface area (Å²) in [6.07, 6.45) is -1.27. The van der Waals surface area contributed by atoms with Gasteiger partial charge >= 0.3 is 0 Å². The number of nitrogens with two attached hydrogens (primary N) is 1. The fraction of sp³-hybridized carbons (Fsp3) is 0.480. The summed E-state index contributed by atoms with van der Waals surface area (Å²) < 4.78 is 43.5. The number of halogens is 3. The molecular weight excluding hydrogens is 455 g/mol. The number of piperidine rings is 1. The molecule has 186 valence electrons. The maximum atomic E-state index is 14.8. The van der Waals surface area contributed by atoms with Gasteiger partial charge in [-0.2, -0.15) is 0 Å². The third-order valence-electron chi connectivity index (χ3n) is 7.19. The van der Waals surface area contributed by atoms with Gasteiger partial charge in [0.05, 0.1) is 17.2 Å². The Hall–Kier alpha value is -2.98. The number of likely N-dealkylation sites (tertiary alicyclic amines) is 1. The van der Waals surface area contributed by atoms with Gasteiger partial charge in [-0.05, 0) is 52.9 Å². The highest BCUT2D eigenvalue weighted by molar-refractivity contribution is 5.67. The van der Waals surface area contributed by atoms with Gasteiger partial charge in [0.2, 0.25) is 0 Å². The number of fused-ring (bicyclic) bond motifs is 3. The van der Waals surface area contributed by atoms with E-state index in [-0.39, 0.29) is 5.56 Å². The van der Waals surface area contributed by atoms with Gasteiger partial charge in [0.15, 0.2) is 5.49 Å². The van der Waals surface area contributed by atoms with Gasteiger partial charge < -0.3 is 20.5 Å². The SMILES string of the molecule is Cc1nc2n3c(c(C4(N)CCN(C)CC4)cc-2c(=NC(C)c2cccc(C(F)F)c2F)n1)NCC3. The van der Waals surface area contributed by atoms with Crippen LogP contribution in [0.25, 0.3) is 11.4 Å². The van der Waals surface area contributed by atoms with Crippen molar-refractivity contribution in [3.63, 3.8) is 0 Å². The molecule has 1 atom stereocenters. The molecule has 4 heterocycles. The number of pyridine rings is 1. The Bertz CT molecular complexity index is 1290. The lowest BCUT2D eigenvalue weighted by Gasteiger charge is -2.39. The first-order valence-electron chi connectivity index (χ1n) is 11.9. The molecule has 0 radical (unpaired) electrons. The lowest BCUT2D eigenvalue weighted by molar-refractivity contribution is 0.146. The number of nitrogens with zero attached hydrogens (tertiary/aromatic N) is 5. The molecule has 1 aromatic carbocycles. The maximum absolute atomic E-state index is 14.8. The molecular formula is C25H30F3N7. The summed E-state index contributed by atoms with van der Waals surface area (Å²) in [5.74, 6) is 1.30. The highest BCUT2D eigenvalue weighted by atomic mass is 19.3. The summed E-state index contributed by atoms with van der Waals surface area (Å²) >= 11 is 0. The Morgan fingerprint density at radius 3 is 2.57 bits per heavy atom.